The molecular weight excluding hydrogens is 226 g/mol. The highest BCUT2D eigenvalue weighted by molar-refractivity contribution is 5.25. The summed E-state index contributed by atoms with van der Waals surface area (Å²) in [5.41, 5.74) is 0. The zero-order valence-electron chi connectivity index (χ0n) is 11.1. The zero-order chi connectivity index (χ0) is 12.8. The minimum absolute atomic E-state index is 0.629. The summed E-state index contributed by atoms with van der Waals surface area (Å²) < 4.78 is 4.11. The molecule has 2 rings (SSSR count). The van der Waals surface area contributed by atoms with Crippen LogP contribution in [0.25, 0.3) is 0 Å². The van der Waals surface area contributed by atoms with Gasteiger partial charge < -0.3 is 9.88 Å². The topological polar surface area (TPSA) is 47.7 Å². The number of nitrogens with one attached hydrogen (secondary N) is 1. The van der Waals surface area contributed by atoms with Gasteiger partial charge in [-0.3, -0.25) is 4.68 Å². The molecule has 2 aromatic rings. The first kappa shape index (κ1) is 12.7. The first-order valence-electron chi connectivity index (χ1n) is 6.48. The fourth-order valence-corrected chi connectivity index (χ4v) is 1.89. The van der Waals surface area contributed by atoms with E-state index in [1.807, 2.05) is 35.5 Å². The highest BCUT2D eigenvalue weighted by Crippen LogP contribution is 2.08. The van der Waals surface area contributed by atoms with E-state index in [0.29, 0.717) is 5.92 Å². The van der Waals surface area contributed by atoms with Gasteiger partial charge in [0.25, 0.3) is 0 Å². The molecule has 0 aromatic carbocycles. The van der Waals surface area contributed by atoms with Gasteiger partial charge in [0, 0.05) is 44.4 Å². The molecule has 5 heteroatoms. The number of hydrogen-bond acceptors (Lipinski definition) is 3. The molecule has 2 aromatic heterocycles. The highest BCUT2D eigenvalue weighted by atomic mass is 15.3. The van der Waals surface area contributed by atoms with Crippen molar-refractivity contribution in [2.45, 2.75) is 33.4 Å². The lowest BCUT2D eigenvalue weighted by Gasteiger charge is -2.11. The summed E-state index contributed by atoms with van der Waals surface area (Å²) in [5.74, 6) is 1.59. The molecule has 18 heavy (non-hydrogen) atoms. The van der Waals surface area contributed by atoms with Crippen molar-refractivity contribution in [2.75, 3.05) is 11.9 Å². The van der Waals surface area contributed by atoms with Crippen molar-refractivity contribution < 1.29 is 0 Å². The molecule has 0 unspecified atom stereocenters. The number of aromatic nitrogens is 4. The van der Waals surface area contributed by atoms with Gasteiger partial charge in [-0.15, -0.1) is 0 Å². The number of aryl methyl sites for hydroxylation is 1. The minimum atomic E-state index is 0.629. The van der Waals surface area contributed by atoms with Gasteiger partial charge in [-0.05, 0) is 18.4 Å². The molecule has 0 aliphatic rings. The lowest BCUT2D eigenvalue weighted by Crippen LogP contribution is -2.12. The summed E-state index contributed by atoms with van der Waals surface area (Å²) in [7, 11) is 0. The number of anilines is 1. The molecule has 2 heterocycles. The molecule has 0 fully saturated rings. The summed E-state index contributed by atoms with van der Waals surface area (Å²) in [6, 6.07) is 1.95. The molecule has 0 atom stereocenters. The average molecular weight is 247 g/mol. The smallest absolute Gasteiger partial charge is 0.202 e. The zero-order valence-corrected chi connectivity index (χ0v) is 11.1. The fourth-order valence-electron chi connectivity index (χ4n) is 1.89. The van der Waals surface area contributed by atoms with Crippen LogP contribution in [0.2, 0.25) is 0 Å². The van der Waals surface area contributed by atoms with Crippen molar-refractivity contribution >= 4 is 5.95 Å². The van der Waals surface area contributed by atoms with Gasteiger partial charge in [0.1, 0.15) is 0 Å². The van der Waals surface area contributed by atoms with E-state index in [4.69, 9.17) is 0 Å². The van der Waals surface area contributed by atoms with Gasteiger partial charge in [0.2, 0.25) is 5.95 Å². The SMILES string of the molecule is CC(C)Cn1ccnc1NCCCn1cccn1. The Kier molecular flexibility index (Phi) is 4.39. The number of rotatable bonds is 7. The van der Waals surface area contributed by atoms with E-state index < -0.39 is 0 Å². The number of imidazole rings is 1. The van der Waals surface area contributed by atoms with Crippen LogP contribution in [0.5, 0.6) is 0 Å². The second-order valence-electron chi connectivity index (χ2n) is 4.85. The largest absolute Gasteiger partial charge is 0.356 e. The molecule has 0 saturated carbocycles. The Hall–Kier alpha value is -1.78. The third-order valence-electron chi connectivity index (χ3n) is 2.68. The molecular formula is C13H21N5. The van der Waals surface area contributed by atoms with Crippen LogP contribution in [0, 0.1) is 5.92 Å². The maximum Gasteiger partial charge on any atom is 0.202 e. The Morgan fingerprint density at radius 1 is 1.28 bits per heavy atom. The van der Waals surface area contributed by atoms with E-state index in [-0.39, 0.29) is 0 Å². The van der Waals surface area contributed by atoms with E-state index in [9.17, 15) is 0 Å². The Bertz CT molecular complexity index is 444. The maximum absolute atomic E-state index is 4.33. The maximum atomic E-state index is 4.33. The van der Waals surface area contributed by atoms with Gasteiger partial charge in [-0.2, -0.15) is 5.10 Å². The van der Waals surface area contributed by atoms with Crippen molar-refractivity contribution in [1.29, 1.82) is 0 Å². The first-order chi connectivity index (χ1) is 8.75. The van der Waals surface area contributed by atoms with Crippen molar-refractivity contribution in [2.24, 2.45) is 5.92 Å². The van der Waals surface area contributed by atoms with Gasteiger partial charge in [0.05, 0.1) is 0 Å². The summed E-state index contributed by atoms with van der Waals surface area (Å²) in [5, 5.41) is 7.55. The van der Waals surface area contributed by atoms with Gasteiger partial charge in [0.15, 0.2) is 0 Å². The monoisotopic (exact) mass is 247 g/mol. The molecule has 5 nitrogen and oxygen atoms in total. The predicted octanol–water partition coefficient (Wildman–Crippen LogP) is 2.24. The molecule has 0 bridgehead atoms. The molecule has 0 radical (unpaired) electrons. The standard InChI is InChI=1S/C13H21N5/c1-12(2)11-17-10-7-15-13(17)14-5-3-8-18-9-4-6-16-18/h4,6-7,9-10,12H,3,5,8,11H2,1-2H3,(H,14,15). The fraction of sp³-hybridized carbons (Fsp3) is 0.538. The van der Waals surface area contributed by atoms with E-state index in [2.05, 4.69) is 33.8 Å². The van der Waals surface area contributed by atoms with Gasteiger partial charge in [-0.1, -0.05) is 13.8 Å². The quantitative estimate of drug-likeness (QED) is 0.763. The number of hydrogen-bond donors (Lipinski definition) is 1. The Morgan fingerprint density at radius 3 is 2.89 bits per heavy atom. The molecule has 1 N–H and O–H groups in total. The molecule has 98 valence electrons. The van der Waals surface area contributed by atoms with Crippen molar-refractivity contribution in [3.63, 3.8) is 0 Å². The highest BCUT2D eigenvalue weighted by Gasteiger charge is 2.03. The second kappa shape index (κ2) is 6.23. The summed E-state index contributed by atoms with van der Waals surface area (Å²) in [6.07, 6.45) is 8.70. The van der Waals surface area contributed by atoms with Crippen molar-refractivity contribution in [3.8, 4) is 0 Å². The van der Waals surface area contributed by atoms with E-state index in [1.54, 1.807) is 0 Å². The Labute approximate surface area is 108 Å². The van der Waals surface area contributed by atoms with Crippen LogP contribution in [-0.2, 0) is 13.1 Å². The molecule has 0 spiro atoms. The minimum Gasteiger partial charge on any atom is -0.356 e. The third kappa shape index (κ3) is 3.61. The van der Waals surface area contributed by atoms with Crippen molar-refractivity contribution in [1.82, 2.24) is 19.3 Å². The third-order valence-corrected chi connectivity index (χ3v) is 2.68. The van der Waals surface area contributed by atoms with Crippen LogP contribution in [0.3, 0.4) is 0 Å². The van der Waals surface area contributed by atoms with Crippen LogP contribution in [0.15, 0.2) is 30.9 Å². The van der Waals surface area contributed by atoms with E-state index in [1.165, 1.54) is 0 Å². The molecule has 0 saturated heterocycles. The molecule has 0 amide bonds. The Balaban J connectivity index is 1.74. The van der Waals surface area contributed by atoms with Crippen LogP contribution < -0.4 is 5.32 Å². The van der Waals surface area contributed by atoms with Gasteiger partial charge in [-0.25, -0.2) is 4.98 Å². The summed E-state index contributed by atoms with van der Waals surface area (Å²) >= 11 is 0. The summed E-state index contributed by atoms with van der Waals surface area (Å²) in [6.45, 7) is 7.27. The number of nitrogens with zero attached hydrogens (tertiary/aromatic N) is 4. The van der Waals surface area contributed by atoms with Crippen LogP contribution in [-0.4, -0.2) is 25.9 Å². The second-order valence-corrected chi connectivity index (χ2v) is 4.85. The summed E-state index contributed by atoms with van der Waals surface area (Å²) in [4.78, 5) is 4.33. The predicted molar refractivity (Wildman–Crippen MR) is 72.4 cm³/mol. The molecule has 0 aliphatic heterocycles. The average Bonchev–Trinajstić information content (AvgIpc) is 2.95. The van der Waals surface area contributed by atoms with E-state index >= 15 is 0 Å². The Morgan fingerprint density at radius 2 is 2.17 bits per heavy atom. The normalized spacial score (nSPS) is 11.1. The van der Waals surface area contributed by atoms with E-state index in [0.717, 1.165) is 32.0 Å². The lowest BCUT2D eigenvalue weighted by molar-refractivity contribution is 0.524. The van der Waals surface area contributed by atoms with Crippen molar-refractivity contribution in [3.05, 3.63) is 30.9 Å². The first-order valence-corrected chi connectivity index (χ1v) is 6.48. The lowest BCUT2D eigenvalue weighted by atomic mass is 10.2. The van der Waals surface area contributed by atoms with Gasteiger partial charge >= 0.3 is 0 Å². The van der Waals surface area contributed by atoms with Crippen LogP contribution in [0.4, 0.5) is 5.95 Å². The van der Waals surface area contributed by atoms with Crippen LogP contribution in [0.1, 0.15) is 20.3 Å². The van der Waals surface area contributed by atoms with Crippen LogP contribution >= 0.6 is 0 Å². The molecule has 0 aliphatic carbocycles.